The third-order valence-electron chi connectivity index (χ3n) is 2.15. The molecule has 0 atom stereocenters. The Kier molecular flexibility index (Phi) is 2.78. The van der Waals surface area contributed by atoms with E-state index < -0.39 is 5.97 Å². The summed E-state index contributed by atoms with van der Waals surface area (Å²) >= 11 is 3.34. The van der Waals surface area contributed by atoms with E-state index in [1.54, 1.807) is 0 Å². The lowest BCUT2D eigenvalue weighted by molar-refractivity contribution is 0.0690. The number of aryl methyl sites for hydroxylation is 1. The number of carboxylic acid groups (broad SMARTS) is 1. The van der Waals surface area contributed by atoms with Gasteiger partial charge < -0.3 is 9.52 Å². The molecule has 2 rings (SSSR count). The van der Waals surface area contributed by atoms with Crippen molar-refractivity contribution in [3.8, 4) is 11.5 Å². The number of halogens is 1. The zero-order valence-electron chi connectivity index (χ0n) is 8.40. The van der Waals surface area contributed by atoms with E-state index in [9.17, 15) is 4.79 Å². The van der Waals surface area contributed by atoms with Crippen molar-refractivity contribution in [1.29, 1.82) is 0 Å². The van der Waals surface area contributed by atoms with Crippen LogP contribution in [0, 0.1) is 6.92 Å². The van der Waals surface area contributed by atoms with Crippen LogP contribution in [0.15, 0.2) is 33.4 Å². The fourth-order valence-electron chi connectivity index (χ4n) is 1.32. The SMILES string of the molecule is Cc1ccc(Br)cc1-c1nc(C(=O)O)co1. The van der Waals surface area contributed by atoms with E-state index in [0.29, 0.717) is 5.89 Å². The van der Waals surface area contributed by atoms with Gasteiger partial charge in [0, 0.05) is 10.0 Å². The van der Waals surface area contributed by atoms with Crippen LogP contribution in [0.1, 0.15) is 16.1 Å². The predicted octanol–water partition coefficient (Wildman–Crippen LogP) is 3.11. The van der Waals surface area contributed by atoms with Gasteiger partial charge in [0.25, 0.3) is 0 Å². The molecule has 0 aliphatic rings. The van der Waals surface area contributed by atoms with Gasteiger partial charge in [-0.15, -0.1) is 0 Å². The summed E-state index contributed by atoms with van der Waals surface area (Å²) < 4.78 is 6.03. The lowest BCUT2D eigenvalue weighted by Crippen LogP contribution is -1.95. The molecule has 1 aromatic carbocycles. The van der Waals surface area contributed by atoms with E-state index >= 15 is 0 Å². The monoisotopic (exact) mass is 281 g/mol. The number of aromatic carboxylic acids is 1. The number of hydrogen-bond acceptors (Lipinski definition) is 3. The fraction of sp³-hybridized carbons (Fsp3) is 0.0909. The molecule has 1 N–H and O–H groups in total. The summed E-state index contributed by atoms with van der Waals surface area (Å²) in [7, 11) is 0. The minimum atomic E-state index is -1.09. The summed E-state index contributed by atoms with van der Waals surface area (Å²) in [5.41, 5.74) is 1.67. The number of hydrogen-bond donors (Lipinski definition) is 1. The molecule has 5 heteroatoms. The molecule has 0 amide bonds. The molecule has 2 aromatic rings. The van der Waals surface area contributed by atoms with Crippen LogP contribution in [0.5, 0.6) is 0 Å². The summed E-state index contributed by atoms with van der Waals surface area (Å²) in [6.07, 6.45) is 1.14. The lowest BCUT2D eigenvalue weighted by atomic mass is 10.1. The van der Waals surface area contributed by atoms with Crippen molar-refractivity contribution in [3.05, 3.63) is 40.2 Å². The first-order valence-electron chi connectivity index (χ1n) is 4.53. The molecule has 82 valence electrons. The van der Waals surface area contributed by atoms with Gasteiger partial charge in [0.1, 0.15) is 6.26 Å². The molecule has 1 heterocycles. The molecular weight excluding hydrogens is 274 g/mol. The molecule has 0 saturated heterocycles. The second kappa shape index (κ2) is 4.09. The Balaban J connectivity index is 2.50. The Bertz CT molecular complexity index is 548. The van der Waals surface area contributed by atoms with E-state index in [2.05, 4.69) is 20.9 Å². The van der Waals surface area contributed by atoms with Crippen LogP contribution in [0.4, 0.5) is 0 Å². The molecule has 0 aliphatic heterocycles. The van der Waals surface area contributed by atoms with Crippen molar-refractivity contribution < 1.29 is 14.3 Å². The highest BCUT2D eigenvalue weighted by Gasteiger charge is 2.13. The van der Waals surface area contributed by atoms with Crippen LogP contribution >= 0.6 is 15.9 Å². The van der Waals surface area contributed by atoms with E-state index in [1.165, 1.54) is 0 Å². The van der Waals surface area contributed by atoms with Gasteiger partial charge in [-0.05, 0) is 24.6 Å². The smallest absolute Gasteiger partial charge is 0.357 e. The summed E-state index contributed by atoms with van der Waals surface area (Å²) in [4.78, 5) is 14.6. The third kappa shape index (κ3) is 1.99. The highest BCUT2D eigenvalue weighted by atomic mass is 79.9. The normalized spacial score (nSPS) is 10.4. The average molecular weight is 282 g/mol. The van der Waals surface area contributed by atoms with E-state index in [1.807, 2.05) is 25.1 Å². The third-order valence-corrected chi connectivity index (χ3v) is 2.65. The summed E-state index contributed by atoms with van der Waals surface area (Å²) in [5.74, 6) is -0.779. The maximum atomic E-state index is 10.7. The molecule has 16 heavy (non-hydrogen) atoms. The van der Waals surface area contributed by atoms with Gasteiger partial charge >= 0.3 is 5.97 Å². The second-order valence-corrected chi connectivity index (χ2v) is 4.22. The van der Waals surface area contributed by atoms with E-state index in [-0.39, 0.29) is 5.69 Å². The number of benzene rings is 1. The Morgan fingerprint density at radius 3 is 2.88 bits per heavy atom. The summed E-state index contributed by atoms with van der Waals surface area (Å²) in [6.45, 7) is 1.91. The van der Waals surface area contributed by atoms with Crippen LogP contribution in [0.25, 0.3) is 11.5 Å². The van der Waals surface area contributed by atoms with Crippen molar-refractivity contribution in [3.63, 3.8) is 0 Å². The number of carboxylic acids is 1. The first-order valence-corrected chi connectivity index (χ1v) is 5.32. The zero-order valence-corrected chi connectivity index (χ0v) is 9.98. The molecule has 0 radical (unpaired) electrons. The van der Waals surface area contributed by atoms with E-state index in [0.717, 1.165) is 21.9 Å². The predicted molar refractivity (Wildman–Crippen MR) is 61.3 cm³/mol. The molecule has 0 bridgehead atoms. The molecule has 0 spiro atoms. The minimum absolute atomic E-state index is 0.0885. The molecule has 4 nitrogen and oxygen atoms in total. The zero-order chi connectivity index (χ0) is 11.7. The van der Waals surface area contributed by atoms with Crippen LogP contribution < -0.4 is 0 Å². The first-order chi connectivity index (χ1) is 7.58. The summed E-state index contributed by atoms with van der Waals surface area (Å²) in [6, 6.07) is 5.65. The fourth-order valence-corrected chi connectivity index (χ4v) is 1.68. The van der Waals surface area contributed by atoms with Gasteiger partial charge in [0.15, 0.2) is 5.69 Å². The average Bonchev–Trinajstić information content (AvgIpc) is 2.70. The highest BCUT2D eigenvalue weighted by molar-refractivity contribution is 9.10. The number of rotatable bonds is 2. The van der Waals surface area contributed by atoms with Gasteiger partial charge in [-0.2, -0.15) is 0 Å². The van der Waals surface area contributed by atoms with Gasteiger partial charge in [-0.3, -0.25) is 0 Å². The van der Waals surface area contributed by atoms with Crippen molar-refractivity contribution in [2.24, 2.45) is 0 Å². The van der Waals surface area contributed by atoms with Crippen molar-refractivity contribution >= 4 is 21.9 Å². The first kappa shape index (κ1) is 10.9. The quantitative estimate of drug-likeness (QED) is 0.919. The highest BCUT2D eigenvalue weighted by Crippen LogP contribution is 2.26. The number of oxazole rings is 1. The summed E-state index contributed by atoms with van der Waals surface area (Å²) in [5, 5.41) is 8.74. The molecular formula is C11H8BrNO3. The van der Waals surface area contributed by atoms with Gasteiger partial charge in [-0.25, -0.2) is 9.78 Å². The van der Waals surface area contributed by atoms with Gasteiger partial charge in [-0.1, -0.05) is 22.0 Å². The molecule has 0 saturated carbocycles. The largest absolute Gasteiger partial charge is 0.476 e. The Labute approximate surface area is 100 Å². The van der Waals surface area contributed by atoms with E-state index in [4.69, 9.17) is 9.52 Å². The van der Waals surface area contributed by atoms with Crippen molar-refractivity contribution in [2.45, 2.75) is 6.92 Å². The van der Waals surface area contributed by atoms with Gasteiger partial charge in [0.2, 0.25) is 5.89 Å². The van der Waals surface area contributed by atoms with Crippen LogP contribution in [-0.2, 0) is 0 Å². The Morgan fingerprint density at radius 1 is 1.50 bits per heavy atom. The van der Waals surface area contributed by atoms with Crippen molar-refractivity contribution in [2.75, 3.05) is 0 Å². The standard InChI is InChI=1S/C11H8BrNO3/c1-6-2-3-7(12)4-8(6)10-13-9(5-16-10)11(14)15/h2-5H,1H3,(H,14,15). The lowest BCUT2D eigenvalue weighted by Gasteiger charge is -2.01. The van der Waals surface area contributed by atoms with Crippen LogP contribution in [0.2, 0.25) is 0 Å². The van der Waals surface area contributed by atoms with Crippen LogP contribution in [0.3, 0.4) is 0 Å². The number of carbonyl (C=O) groups is 1. The number of aromatic nitrogens is 1. The van der Waals surface area contributed by atoms with Gasteiger partial charge in [0.05, 0.1) is 0 Å². The number of nitrogens with zero attached hydrogens (tertiary/aromatic N) is 1. The molecule has 0 aliphatic carbocycles. The maximum Gasteiger partial charge on any atom is 0.357 e. The Hall–Kier alpha value is -1.62. The topological polar surface area (TPSA) is 63.3 Å². The van der Waals surface area contributed by atoms with Crippen molar-refractivity contribution in [1.82, 2.24) is 4.98 Å². The second-order valence-electron chi connectivity index (χ2n) is 3.30. The molecule has 0 fully saturated rings. The molecule has 1 aromatic heterocycles. The maximum absolute atomic E-state index is 10.7. The van der Waals surface area contributed by atoms with Crippen LogP contribution in [-0.4, -0.2) is 16.1 Å². The minimum Gasteiger partial charge on any atom is -0.476 e. The molecule has 0 unspecified atom stereocenters. The Morgan fingerprint density at radius 2 is 2.25 bits per heavy atom.